The number of H-pyrrole nitrogens is 1. The topological polar surface area (TPSA) is 103 Å². The molecule has 8 heteroatoms. The molecule has 0 radical (unpaired) electrons. The third-order valence-corrected chi connectivity index (χ3v) is 5.00. The first-order valence-electron chi connectivity index (χ1n) is 9.09. The lowest BCUT2D eigenvalue weighted by molar-refractivity contribution is 0.102. The van der Waals surface area contributed by atoms with Gasteiger partial charge >= 0.3 is 0 Å². The van der Waals surface area contributed by atoms with Crippen molar-refractivity contribution in [3.63, 3.8) is 0 Å². The van der Waals surface area contributed by atoms with Crippen LogP contribution < -0.4 is 10.7 Å². The summed E-state index contributed by atoms with van der Waals surface area (Å²) in [5.74, 6) is -0.642. The van der Waals surface area contributed by atoms with Crippen LogP contribution >= 0.6 is 11.6 Å². The van der Waals surface area contributed by atoms with E-state index in [2.05, 4.69) is 15.4 Å². The number of amides is 1. The van der Waals surface area contributed by atoms with Gasteiger partial charge in [0.15, 0.2) is 0 Å². The average molecular weight is 418 g/mol. The number of anilines is 1. The zero-order valence-corrected chi connectivity index (χ0v) is 16.9. The minimum Gasteiger partial charge on any atom is -0.321 e. The Morgan fingerprint density at radius 3 is 2.63 bits per heavy atom. The van der Waals surface area contributed by atoms with Gasteiger partial charge in [-0.05, 0) is 32.0 Å². The van der Waals surface area contributed by atoms with Gasteiger partial charge in [0.05, 0.1) is 22.6 Å². The summed E-state index contributed by atoms with van der Waals surface area (Å²) >= 11 is 5.98. The Balaban J connectivity index is 1.84. The molecule has 2 N–H and O–H groups in total. The van der Waals surface area contributed by atoms with E-state index in [1.165, 1.54) is 12.1 Å². The van der Waals surface area contributed by atoms with E-state index < -0.39 is 11.3 Å². The van der Waals surface area contributed by atoms with E-state index in [9.17, 15) is 14.9 Å². The molecule has 0 saturated carbocycles. The highest BCUT2D eigenvalue weighted by Gasteiger charge is 2.22. The number of halogens is 1. The molecule has 1 amide bonds. The number of aromatic nitrogens is 3. The monoisotopic (exact) mass is 417 g/mol. The van der Waals surface area contributed by atoms with Gasteiger partial charge in [0.2, 0.25) is 11.1 Å². The van der Waals surface area contributed by atoms with Crippen molar-refractivity contribution < 1.29 is 4.79 Å². The van der Waals surface area contributed by atoms with Crippen molar-refractivity contribution in [3.8, 4) is 17.3 Å². The van der Waals surface area contributed by atoms with Gasteiger partial charge in [-0.3, -0.25) is 14.7 Å². The molecule has 30 heavy (non-hydrogen) atoms. The number of hydrogen-bond acceptors (Lipinski definition) is 4. The number of carbonyl (C=O) groups excluding carboxylic acids is 1. The van der Waals surface area contributed by atoms with E-state index in [4.69, 9.17) is 11.6 Å². The van der Waals surface area contributed by atoms with Crippen LogP contribution in [-0.4, -0.2) is 20.5 Å². The summed E-state index contributed by atoms with van der Waals surface area (Å²) in [6, 6.07) is 16.1. The third-order valence-electron chi connectivity index (χ3n) is 4.76. The van der Waals surface area contributed by atoms with Gasteiger partial charge in [0.1, 0.15) is 11.6 Å². The van der Waals surface area contributed by atoms with Gasteiger partial charge in [0.25, 0.3) is 5.91 Å². The van der Waals surface area contributed by atoms with Crippen molar-refractivity contribution in [2.24, 2.45) is 0 Å². The molecule has 0 spiro atoms. The second-order valence-electron chi connectivity index (χ2n) is 6.77. The van der Waals surface area contributed by atoms with E-state index in [-0.39, 0.29) is 22.5 Å². The fourth-order valence-electron chi connectivity index (χ4n) is 3.41. The Labute approximate surface area is 176 Å². The van der Waals surface area contributed by atoms with Crippen LogP contribution in [0.15, 0.2) is 53.3 Å². The number of fused-ring (bicyclic) bond motifs is 1. The van der Waals surface area contributed by atoms with Crippen molar-refractivity contribution in [2.45, 2.75) is 13.8 Å². The molecule has 0 saturated heterocycles. The van der Waals surface area contributed by atoms with Crippen LogP contribution in [0.4, 0.5) is 5.69 Å². The van der Waals surface area contributed by atoms with Gasteiger partial charge in [-0.1, -0.05) is 41.9 Å². The Morgan fingerprint density at radius 2 is 1.93 bits per heavy atom. The summed E-state index contributed by atoms with van der Waals surface area (Å²) in [5, 5.41) is 15.3. The molecular weight excluding hydrogens is 402 g/mol. The first-order valence-corrected chi connectivity index (χ1v) is 9.47. The molecule has 7 nitrogen and oxygen atoms in total. The van der Waals surface area contributed by atoms with Crippen LogP contribution in [0.2, 0.25) is 5.02 Å². The predicted molar refractivity (Wildman–Crippen MR) is 115 cm³/mol. The van der Waals surface area contributed by atoms with Crippen LogP contribution in [0.1, 0.15) is 27.3 Å². The van der Waals surface area contributed by atoms with E-state index in [0.717, 1.165) is 11.3 Å². The number of rotatable bonds is 3. The van der Waals surface area contributed by atoms with E-state index in [1.807, 2.05) is 43.3 Å². The Bertz CT molecular complexity index is 1400. The van der Waals surface area contributed by atoms with Crippen LogP contribution in [0, 0.1) is 25.2 Å². The number of nitrogens with zero attached hydrogens (tertiary/aromatic N) is 3. The lowest BCUT2D eigenvalue weighted by Gasteiger charge is -2.11. The fourth-order valence-corrected chi connectivity index (χ4v) is 3.58. The van der Waals surface area contributed by atoms with Gasteiger partial charge in [-0.2, -0.15) is 5.26 Å². The Morgan fingerprint density at radius 1 is 1.20 bits per heavy atom. The lowest BCUT2D eigenvalue weighted by atomic mass is 10.1. The second kappa shape index (κ2) is 7.50. The molecule has 0 aliphatic carbocycles. The number of imidazole rings is 1. The summed E-state index contributed by atoms with van der Waals surface area (Å²) in [4.78, 5) is 30.5. The third kappa shape index (κ3) is 3.23. The summed E-state index contributed by atoms with van der Waals surface area (Å²) in [6.07, 6.45) is 0. The highest BCUT2D eigenvalue weighted by atomic mass is 35.5. The maximum atomic E-state index is 13.1. The minimum atomic E-state index is -0.642. The van der Waals surface area contributed by atoms with Gasteiger partial charge < -0.3 is 5.32 Å². The van der Waals surface area contributed by atoms with Gasteiger partial charge in [0, 0.05) is 16.3 Å². The number of nitrogens with one attached hydrogen (secondary N) is 2. The van der Waals surface area contributed by atoms with Crippen LogP contribution in [0.25, 0.3) is 16.9 Å². The van der Waals surface area contributed by atoms with Crippen molar-refractivity contribution in [2.75, 3.05) is 5.32 Å². The number of aromatic amines is 1. The first-order chi connectivity index (χ1) is 14.4. The fraction of sp³-hybridized carbons (Fsp3) is 0.0909. The molecule has 4 aromatic rings. The van der Waals surface area contributed by atoms with Gasteiger partial charge in [-0.25, -0.2) is 9.50 Å². The highest BCUT2D eigenvalue weighted by molar-refractivity contribution is 6.31. The second-order valence-corrected chi connectivity index (χ2v) is 7.20. The zero-order valence-electron chi connectivity index (χ0n) is 16.2. The number of nitriles is 1. The van der Waals surface area contributed by atoms with Crippen LogP contribution in [-0.2, 0) is 0 Å². The normalized spacial score (nSPS) is 10.7. The summed E-state index contributed by atoms with van der Waals surface area (Å²) in [6.45, 7) is 3.45. The first kappa shape index (κ1) is 19.4. The summed E-state index contributed by atoms with van der Waals surface area (Å²) in [5.41, 5.74) is 2.70. The molecule has 0 unspecified atom stereocenters. The SMILES string of the molecule is Cc1nc2c(=O)c(C(=O)Nc3cc(Cl)ccc3C#N)c(C)[nH]n2c1-c1ccccc1. The molecule has 0 aliphatic heterocycles. The maximum Gasteiger partial charge on any atom is 0.261 e. The Kier molecular flexibility index (Phi) is 4.86. The quantitative estimate of drug-likeness (QED) is 0.524. The van der Waals surface area contributed by atoms with Gasteiger partial charge in [-0.15, -0.1) is 0 Å². The molecule has 148 valence electrons. The number of hydrogen-bond donors (Lipinski definition) is 2. The Hall–Kier alpha value is -3.89. The van der Waals surface area contributed by atoms with E-state index in [1.54, 1.807) is 17.5 Å². The van der Waals surface area contributed by atoms with Crippen LogP contribution in [0.3, 0.4) is 0 Å². The lowest BCUT2D eigenvalue weighted by Crippen LogP contribution is -2.26. The number of carbonyl (C=O) groups is 1. The zero-order chi connectivity index (χ0) is 21.4. The molecular formula is C22H16ClN5O2. The summed E-state index contributed by atoms with van der Waals surface area (Å²) < 4.78 is 1.60. The van der Waals surface area contributed by atoms with Crippen molar-refractivity contribution >= 4 is 28.8 Å². The van der Waals surface area contributed by atoms with Crippen molar-refractivity contribution in [3.05, 3.63) is 86.3 Å². The highest BCUT2D eigenvalue weighted by Crippen LogP contribution is 2.24. The summed E-state index contributed by atoms with van der Waals surface area (Å²) in [7, 11) is 0. The molecule has 0 bridgehead atoms. The van der Waals surface area contributed by atoms with E-state index >= 15 is 0 Å². The molecule has 0 fully saturated rings. The average Bonchev–Trinajstić information content (AvgIpc) is 3.05. The molecule has 0 aliphatic rings. The minimum absolute atomic E-state index is 0.0732. The predicted octanol–water partition coefficient (Wildman–Crippen LogP) is 4.08. The van der Waals surface area contributed by atoms with Crippen LogP contribution in [0.5, 0.6) is 0 Å². The van der Waals surface area contributed by atoms with Crippen molar-refractivity contribution in [1.29, 1.82) is 5.26 Å². The van der Waals surface area contributed by atoms with E-state index in [0.29, 0.717) is 16.4 Å². The van der Waals surface area contributed by atoms with Crippen molar-refractivity contribution in [1.82, 2.24) is 14.6 Å². The number of benzene rings is 2. The molecule has 2 aromatic heterocycles. The largest absolute Gasteiger partial charge is 0.321 e. The standard InChI is InChI=1S/C22H16ClN5O2/c1-12-18(22(30)26-17-10-16(23)9-8-15(17)11-24)20(29)21-25-13(2)19(28(21)27-12)14-6-4-3-5-7-14/h3-10,27H,1-2H3,(H,26,30). The maximum absolute atomic E-state index is 13.1. The molecule has 0 atom stereocenters. The molecule has 2 aromatic carbocycles. The molecule has 4 rings (SSSR count). The molecule has 2 heterocycles. The number of aryl methyl sites for hydroxylation is 2. The smallest absolute Gasteiger partial charge is 0.261 e.